The van der Waals surface area contributed by atoms with Crippen molar-refractivity contribution < 1.29 is 9.72 Å². The Balaban J connectivity index is 1.47. The average Bonchev–Trinajstić information content (AvgIpc) is 2.90. The molecule has 0 aliphatic heterocycles. The van der Waals surface area contributed by atoms with Gasteiger partial charge in [0, 0.05) is 36.1 Å². The van der Waals surface area contributed by atoms with Crippen LogP contribution < -0.4 is 16.2 Å². The third-order valence-corrected chi connectivity index (χ3v) is 5.57. The molecule has 0 saturated carbocycles. The van der Waals surface area contributed by atoms with Gasteiger partial charge in [0.2, 0.25) is 0 Å². The Kier molecular flexibility index (Phi) is 6.37. The van der Waals surface area contributed by atoms with Gasteiger partial charge in [-0.3, -0.25) is 19.5 Å². The number of carbonyl (C=O) groups excluding carboxylic acids is 1. The zero-order chi connectivity index (χ0) is 25.8. The molecular weight excluding hydrogens is 472 g/mol. The van der Waals surface area contributed by atoms with Crippen molar-refractivity contribution in [3.8, 4) is 5.69 Å². The van der Waals surface area contributed by atoms with Crippen LogP contribution in [-0.4, -0.2) is 25.5 Å². The molecule has 0 saturated heterocycles. The van der Waals surface area contributed by atoms with Gasteiger partial charge in [0.05, 0.1) is 10.6 Å². The van der Waals surface area contributed by atoms with Gasteiger partial charge in [-0.2, -0.15) is 0 Å². The van der Waals surface area contributed by atoms with E-state index in [1.165, 1.54) is 22.8 Å². The maximum absolute atomic E-state index is 13.6. The molecule has 0 spiro atoms. The zero-order valence-electron chi connectivity index (χ0n) is 19.4. The predicted molar refractivity (Wildman–Crippen MR) is 140 cm³/mol. The highest BCUT2D eigenvalue weighted by Gasteiger charge is 2.15. The second kappa shape index (κ2) is 10.1. The average molecular weight is 492 g/mol. The van der Waals surface area contributed by atoms with Crippen LogP contribution in [0.15, 0.2) is 102 Å². The normalized spacial score (nSPS) is 10.7. The summed E-state index contributed by atoms with van der Waals surface area (Å²) in [5, 5.41) is 16.3. The number of rotatable bonds is 6. The lowest BCUT2D eigenvalue weighted by molar-refractivity contribution is -0.384. The van der Waals surface area contributed by atoms with Crippen molar-refractivity contribution in [1.29, 1.82) is 0 Å². The van der Waals surface area contributed by atoms with Crippen molar-refractivity contribution in [1.82, 2.24) is 14.5 Å². The van der Waals surface area contributed by atoms with Crippen LogP contribution in [0.2, 0.25) is 0 Å². The van der Waals surface area contributed by atoms with E-state index < -0.39 is 11.0 Å². The number of hydrogen-bond donors (Lipinski definition) is 2. The Morgan fingerprint density at radius 3 is 2.38 bits per heavy atom. The summed E-state index contributed by atoms with van der Waals surface area (Å²) in [6.07, 6.45) is 1.94. The Morgan fingerprint density at radius 2 is 1.62 bits per heavy atom. The number of nitro groups is 1. The topological polar surface area (TPSA) is 132 Å². The molecule has 10 nitrogen and oxygen atoms in total. The van der Waals surface area contributed by atoms with E-state index in [0.717, 1.165) is 5.56 Å². The molecule has 5 rings (SSSR count). The smallest absolute Gasteiger partial charge is 0.308 e. The van der Waals surface area contributed by atoms with Crippen molar-refractivity contribution in [2.45, 2.75) is 6.42 Å². The van der Waals surface area contributed by atoms with Gasteiger partial charge < -0.3 is 10.6 Å². The number of benzene rings is 3. The predicted octanol–water partition coefficient (Wildman–Crippen LogP) is 4.92. The number of amides is 2. The molecule has 10 heteroatoms. The number of hydrogen-bond acceptors (Lipinski definition) is 6. The Labute approximate surface area is 210 Å². The molecule has 0 unspecified atom stereocenters. The molecule has 2 N–H and O–H groups in total. The number of pyridine rings is 1. The quantitative estimate of drug-likeness (QED) is 0.255. The van der Waals surface area contributed by atoms with E-state index in [-0.39, 0.29) is 16.9 Å². The fourth-order valence-corrected chi connectivity index (χ4v) is 3.92. The molecule has 182 valence electrons. The van der Waals surface area contributed by atoms with Crippen LogP contribution in [0.4, 0.5) is 21.9 Å². The number of nitrogens with one attached hydrogen (secondary N) is 2. The van der Waals surface area contributed by atoms with Gasteiger partial charge in [0.25, 0.3) is 11.2 Å². The summed E-state index contributed by atoms with van der Waals surface area (Å²) < 4.78 is 1.48. The van der Waals surface area contributed by atoms with E-state index in [4.69, 9.17) is 0 Å². The lowest BCUT2D eigenvalue weighted by Gasteiger charge is -2.13. The van der Waals surface area contributed by atoms with E-state index in [2.05, 4.69) is 20.6 Å². The second-order valence-electron chi connectivity index (χ2n) is 8.14. The standard InChI is InChI=1S/C27H20N6O4/c34-26-24(15-18-7-2-1-3-8-18)31-23-13-6-14-28-25(23)32(26)21-11-4-9-19(16-21)29-27(35)30-20-10-5-12-22(17-20)33(36)37/h1-14,16-17H,15H2,(H2,29,30,35). The van der Waals surface area contributed by atoms with Crippen molar-refractivity contribution >= 4 is 34.3 Å². The van der Waals surface area contributed by atoms with Crippen molar-refractivity contribution in [3.05, 3.63) is 129 Å². The molecule has 0 radical (unpaired) electrons. The number of fused-ring (bicyclic) bond motifs is 1. The Bertz CT molecular complexity index is 1680. The van der Waals surface area contributed by atoms with Crippen LogP contribution in [0.5, 0.6) is 0 Å². The number of nitrogens with zero attached hydrogens (tertiary/aromatic N) is 4. The number of non-ortho nitro benzene ring substituents is 1. The van der Waals surface area contributed by atoms with Crippen molar-refractivity contribution in [2.75, 3.05) is 10.6 Å². The minimum atomic E-state index is -0.590. The first-order chi connectivity index (χ1) is 18.0. The second-order valence-corrected chi connectivity index (χ2v) is 8.14. The van der Waals surface area contributed by atoms with E-state index in [0.29, 0.717) is 34.7 Å². The van der Waals surface area contributed by atoms with Gasteiger partial charge in [-0.15, -0.1) is 0 Å². The van der Waals surface area contributed by atoms with Crippen LogP contribution in [-0.2, 0) is 6.42 Å². The van der Waals surface area contributed by atoms with Gasteiger partial charge in [-0.25, -0.2) is 14.8 Å². The maximum atomic E-state index is 13.6. The number of anilines is 2. The highest BCUT2D eigenvalue weighted by Crippen LogP contribution is 2.20. The van der Waals surface area contributed by atoms with E-state index in [1.807, 2.05) is 30.3 Å². The van der Waals surface area contributed by atoms with E-state index in [9.17, 15) is 19.7 Å². The molecule has 3 aromatic carbocycles. The highest BCUT2D eigenvalue weighted by molar-refractivity contribution is 6.00. The number of nitro benzene ring substituents is 1. The Hall–Kier alpha value is -5.38. The summed E-state index contributed by atoms with van der Waals surface area (Å²) in [6, 6.07) is 24.9. The molecule has 2 amide bonds. The molecule has 37 heavy (non-hydrogen) atoms. The molecule has 0 atom stereocenters. The van der Waals surface area contributed by atoms with Crippen molar-refractivity contribution in [2.24, 2.45) is 0 Å². The highest BCUT2D eigenvalue weighted by atomic mass is 16.6. The number of urea groups is 1. The molecule has 2 aromatic heterocycles. The molecular formula is C27H20N6O4. The lowest BCUT2D eigenvalue weighted by atomic mass is 10.1. The summed E-state index contributed by atoms with van der Waals surface area (Å²) in [6.45, 7) is 0. The minimum Gasteiger partial charge on any atom is -0.308 e. The molecule has 5 aromatic rings. The first kappa shape index (κ1) is 23.4. The van der Waals surface area contributed by atoms with Crippen molar-refractivity contribution in [3.63, 3.8) is 0 Å². The van der Waals surface area contributed by atoms with Crippen LogP contribution in [0.3, 0.4) is 0 Å². The minimum absolute atomic E-state index is 0.137. The third-order valence-electron chi connectivity index (χ3n) is 5.57. The summed E-state index contributed by atoms with van der Waals surface area (Å²) in [5.74, 6) is 0. The van der Waals surface area contributed by atoms with Gasteiger partial charge in [-0.1, -0.05) is 42.5 Å². The first-order valence-electron chi connectivity index (χ1n) is 11.3. The first-order valence-corrected chi connectivity index (χ1v) is 11.3. The molecule has 0 bridgehead atoms. The molecule has 0 aliphatic rings. The van der Waals surface area contributed by atoms with Gasteiger partial charge in [0.15, 0.2) is 5.65 Å². The SMILES string of the molecule is O=C(Nc1cccc(-n2c(=O)c(Cc3ccccc3)nc3cccnc32)c1)Nc1cccc([N+](=O)[O-])c1. The monoisotopic (exact) mass is 492 g/mol. The summed E-state index contributed by atoms with van der Waals surface area (Å²) in [5.41, 5.74) is 3.02. The molecule has 0 aliphatic carbocycles. The number of aromatic nitrogens is 3. The fraction of sp³-hybridized carbons (Fsp3) is 0.0370. The van der Waals surface area contributed by atoms with E-state index >= 15 is 0 Å². The molecule has 0 fully saturated rings. The van der Waals surface area contributed by atoms with Gasteiger partial charge >= 0.3 is 6.03 Å². The summed E-state index contributed by atoms with van der Waals surface area (Å²) in [7, 11) is 0. The van der Waals surface area contributed by atoms with Crippen LogP contribution in [0, 0.1) is 10.1 Å². The van der Waals surface area contributed by atoms with Crippen LogP contribution in [0.1, 0.15) is 11.3 Å². The summed E-state index contributed by atoms with van der Waals surface area (Å²) >= 11 is 0. The fourth-order valence-electron chi connectivity index (χ4n) is 3.92. The van der Waals surface area contributed by atoms with Gasteiger partial charge in [-0.05, 0) is 42.0 Å². The summed E-state index contributed by atoms with van der Waals surface area (Å²) in [4.78, 5) is 45.5. The largest absolute Gasteiger partial charge is 0.323 e. The zero-order valence-corrected chi connectivity index (χ0v) is 19.4. The lowest BCUT2D eigenvalue weighted by Crippen LogP contribution is -2.25. The van der Waals surface area contributed by atoms with Crippen LogP contribution in [0.25, 0.3) is 16.9 Å². The molecule has 2 heterocycles. The van der Waals surface area contributed by atoms with Gasteiger partial charge in [0.1, 0.15) is 11.2 Å². The number of carbonyl (C=O) groups is 1. The Morgan fingerprint density at radius 1 is 0.892 bits per heavy atom. The maximum Gasteiger partial charge on any atom is 0.323 e. The van der Waals surface area contributed by atoms with E-state index in [1.54, 1.807) is 48.7 Å². The third kappa shape index (κ3) is 5.17. The van der Waals surface area contributed by atoms with Crippen LogP contribution >= 0.6 is 0 Å².